The fraction of sp³-hybridized carbons (Fsp3) is 0.214. The second-order valence-corrected chi connectivity index (χ2v) is 4.34. The summed E-state index contributed by atoms with van der Waals surface area (Å²) in [6.45, 7) is 2.82. The Labute approximate surface area is 121 Å². The van der Waals surface area contributed by atoms with Crippen LogP contribution in [0.1, 0.15) is 12.5 Å². The fourth-order valence-electron chi connectivity index (χ4n) is 1.84. The number of nitro groups is 1. The third-order valence-electron chi connectivity index (χ3n) is 2.78. The number of nitrogens with one attached hydrogen (secondary N) is 2. The van der Waals surface area contributed by atoms with E-state index in [0.717, 1.165) is 0 Å². The molecule has 0 saturated heterocycles. The van der Waals surface area contributed by atoms with Crippen LogP contribution in [-0.4, -0.2) is 16.5 Å². The third kappa shape index (κ3) is 3.88. The highest BCUT2D eigenvalue weighted by Crippen LogP contribution is 2.24. The zero-order valence-electron chi connectivity index (χ0n) is 11.5. The highest BCUT2D eigenvalue weighted by Gasteiger charge is 2.15. The molecule has 0 spiro atoms. The van der Waals surface area contributed by atoms with Crippen LogP contribution in [0.3, 0.4) is 0 Å². The maximum absolute atomic E-state index is 13.1. The number of hydrogen-bond donors (Lipinski definition) is 2. The Bertz CT molecular complexity index is 649. The molecule has 0 aliphatic rings. The second kappa shape index (κ2) is 6.65. The summed E-state index contributed by atoms with van der Waals surface area (Å²) in [5.41, 5.74) is 0.563. The van der Waals surface area contributed by atoms with E-state index in [4.69, 9.17) is 0 Å². The van der Waals surface area contributed by atoms with Crippen LogP contribution in [0.4, 0.5) is 21.7 Å². The standard InChI is InChI=1S/C14H15FN4O2/c1-2-16-13-7-6-12(19(20)21)14(18-13)17-9-10-4-3-5-11(15)8-10/h3-8H,2,9H2,1H3,(H2,16,17,18). The van der Waals surface area contributed by atoms with E-state index in [2.05, 4.69) is 15.6 Å². The summed E-state index contributed by atoms with van der Waals surface area (Å²) in [4.78, 5) is 14.7. The molecule has 2 N–H and O–H groups in total. The predicted molar refractivity (Wildman–Crippen MR) is 78.8 cm³/mol. The van der Waals surface area contributed by atoms with Gasteiger partial charge in [-0.25, -0.2) is 9.37 Å². The summed E-state index contributed by atoms with van der Waals surface area (Å²) in [5, 5.41) is 16.9. The molecular formula is C14H15FN4O2. The van der Waals surface area contributed by atoms with Crippen molar-refractivity contribution in [3.63, 3.8) is 0 Å². The molecule has 0 aliphatic heterocycles. The first-order valence-corrected chi connectivity index (χ1v) is 6.47. The molecule has 2 aromatic rings. The molecule has 0 saturated carbocycles. The van der Waals surface area contributed by atoms with Crippen molar-refractivity contribution in [1.29, 1.82) is 0 Å². The first-order chi connectivity index (χ1) is 10.1. The lowest BCUT2D eigenvalue weighted by Crippen LogP contribution is -2.07. The Morgan fingerprint density at radius 2 is 2.10 bits per heavy atom. The highest BCUT2D eigenvalue weighted by atomic mass is 19.1. The van der Waals surface area contributed by atoms with Gasteiger partial charge < -0.3 is 10.6 Å². The van der Waals surface area contributed by atoms with Crippen LogP contribution in [0.2, 0.25) is 0 Å². The lowest BCUT2D eigenvalue weighted by molar-refractivity contribution is -0.384. The number of nitrogens with zero attached hydrogens (tertiary/aromatic N) is 2. The number of aromatic nitrogens is 1. The van der Waals surface area contributed by atoms with E-state index in [1.165, 1.54) is 18.2 Å². The van der Waals surface area contributed by atoms with Crippen molar-refractivity contribution >= 4 is 17.3 Å². The molecule has 21 heavy (non-hydrogen) atoms. The van der Waals surface area contributed by atoms with Gasteiger partial charge in [0.1, 0.15) is 11.6 Å². The molecule has 2 rings (SSSR count). The molecule has 0 radical (unpaired) electrons. The molecule has 0 bridgehead atoms. The van der Waals surface area contributed by atoms with Gasteiger partial charge in [0.25, 0.3) is 0 Å². The number of hydrogen-bond acceptors (Lipinski definition) is 5. The zero-order valence-corrected chi connectivity index (χ0v) is 11.5. The van der Waals surface area contributed by atoms with Crippen molar-refractivity contribution in [2.75, 3.05) is 17.2 Å². The summed E-state index contributed by atoms with van der Waals surface area (Å²) >= 11 is 0. The van der Waals surface area contributed by atoms with E-state index < -0.39 is 4.92 Å². The van der Waals surface area contributed by atoms with E-state index in [1.54, 1.807) is 18.2 Å². The van der Waals surface area contributed by atoms with Gasteiger partial charge in [-0.2, -0.15) is 0 Å². The van der Waals surface area contributed by atoms with E-state index in [-0.39, 0.29) is 23.9 Å². The molecule has 110 valence electrons. The van der Waals surface area contributed by atoms with E-state index in [9.17, 15) is 14.5 Å². The predicted octanol–water partition coefficient (Wildman–Crippen LogP) is 3.17. The SMILES string of the molecule is CCNc1ccc([N+](=O)[O-])c(NCc2cccc(F)c2)n1. The Hall–Kier alpha value is -2.70. The molecular weight excluding hydrogens is 275 g/mol. The van der Waals surface area contributed by atoms with Crippen LogP contribution in [-0.2, 0) is 6.54 Å². The Morgan fingerprint density at radius 1 is 1.29 bits per heavy atom. The molecule has 1 heterocycles. The van der Waals surface area contributed by atoms with Crippen molar-refractivity contribution in [3.8, 4) is 0 Å². The minimum absolute atomic E-state index is 0.118. The molecule has 0 fully saturated rings. The van der Waals surface area contributed by atoms with E-state index in [0.29, 0.717) is 17.9 Å². The maximum Gasteiger partial charge on any atom is 0.311 e. The Kier molecular flexibility index (Phi) is 4.65. The summed E-state index contributed by atoms with van der Waals surface area (Å²) in [6, 6.07) is 8.97. The van der Waals surface area contributed by atoms with Gasteiger partial charge in [0.05, 0.1) is 4.92 Å². The smallest absolute Gasteiger partial charge is 0.311 e. The van der Waals surface area contributed by atoms with Gasteiger partial charge in [0.2, 0.25) is 5.82 Å². The van der Waals surface area contributed by atoms with Crippen LogP contribution >= 0.6 is 0 Å². The number of pyridine rings is 1. The van der Waals surface area contributed by atoms with Gasteiger partial charge in [-0.1, -0.05) is 12.1 Å². The van der Waals surface area contributed by atoms with E-state index >= 15 is 0 Å². The van der Waals surface area contributed by atoms with Crippen LogP contribution < -0.4 is 10.6 Å². The van der Waals surface area contributed by atoms with Crippen LogP contribution in [0.15, 0.2) is 36.4 Å². The number of halogens is 1. The largest absolute Gasteiger partial charge is 0.370 e. The average Bonchev–Trinajstić information content (AvgIpc) is 2.45. The second-order valence-electron chi connectivity index (χ2n) is 4.34. The van der Waals surface area contributed by atoms with Crippen molar-refractivity contribution in [1.82, 2.24) is 4.98 Å². The number of anilines is 2. The average molecular weight is 290 g/mol. The minimum Gasteiger partial charge on any atom is -0.370 e. The lowest BCUT2D eigenvalue weighted by Gasteiger charge is -2.09. The topological polar surface area (TPSA) is 80.1 Å². The summed E-state index contributed by atoms with van der Waals surface area (Å²) in [5.74, 6) is 0.353. The van der Waals surface area contributed by atoms with Crippen molar-refractivity contribution < 1.29 is 9.31 Å². The molecule has 6 nitrogen and oxygen atoms in total. The first kappa shape index (κ1) is 14.7. The molecule has 7 heteroatoms. The van der Waals surface area contributed by atoms with E-state index in [1.807, 2.05) is 6.92 Å². The Morgan fingerprint density at radius 3 is 2.76 bits per heavy atom. The monoisotopic (exact) mass is 290 g/mol. The molecule has 0 unspecified atom stereocenters. The number of rotatable bonds is 6. The van der Waals surface area contributed by atoms with Gasteiger partial charge in [0, 0.05) is 19.2 Å². The summed E-state index contributed by atoms with van der Waals surface area (Å²) in [6.07, 6.45) is 0. The Balaban J connectivity index is 2.20. The molecule has 1 aromatic carbocycles. The van der Waals surface area contributed by atoms with Crippen molar-refractivity contribution in [2.45, 2.75) is 13.5 Å². The van der Waals surface area contributed by atoms with Crippen LogP contribution in [0.25, 0.3) is 0 Å². The lowest BCUT2D eigenvalue weighted by atomic mass is 10.2. The van der Waals surface area contributed by atoms with Gasteiger partial charge >= 0.3 is 5.69 Å². The molecule has 0 atom stereocenters. The van der Waals surface area contributed by atoms with Crippen LogP contribution in [0.5, 0.6) is 0 Å². The maximum atomic E-state index is 13.1. The fourth-order valence-corrected chi connectivity index (χ4v) is 1.84. The quantitative estimate of drug-likeness (QED) is 0.631. The van der Waals surface area contributed by atoms with Gasteiger partial charge in [-0.3, -0.25) is 10.1 Å². The minimum atomic E-state index is -0.503. The van der Waals surface area contributed by atoms with Gasteiger partial charge in [-0.15, -0.1) is 0 Å². The normalized spacial score (nSPS) is 10.2. The third-order valence-corrected chi connectivity index (χ3v) is 2.78. The van der Waals surface area contributed by atoms with Gasteiger partial charge in [-0.05, 0) is 30.7 Å². The highest BCUT2D eigenvalue weighted by molar-refractivity contribution is 5.60. The van der Waals surface area contributed by atoms with Crippen molar-refractivity contribution in [3.05, 3.63) is 57.9 Å². The molecule has 0 amide bonds. The zero-order chi connectivity index (χ0) is 15.2. The first-order valence-electron chi connectivity index (χ1n) is 6.47. The summed E-state index contributed by atoms with van der Waals surface area (Å²) in [7, 11) is 0. The molecule has 0 aliphatic carbocycles. The van der Waals surface area contributed by atoms with Crippen LogP contribution in [0, 0.1) is 15.9 Å². The summed E-state index contributed by atoms with van der Waals surface area (Å²) < 4.78 is 13.1. The number of benzene rings is 1. The van der Waals surface area contributed by atoms with Crippen molar-refractivity contribution in [2.24, 2.45) is 0 Å². The van der Waals surface area contributed by atoms with Gasteiger partial charge in [0.15, 0.2) is 0 Å². The molecule has 1 aromatic heterocycles.